The monoisotopic (exact) mass is 382 g/mol. The molecular formula is C21H26N4O3. The average Bonchev–Trinajstić information content (AvgIpc) is 2.97. The minimum atomic E-state index is -0.548. The van der Waals surface area contributed by atoms with Crippen molar-refractivity contribution >= 4 is 23.4 Å². The summed E-state index contributed by atoms with van der Waals surface area (Å²) in [6, 6.07) is 5.51. The Hall–Kier alpha value is -2.41. The maximum Gasteiger partial charge on any atom is 0.255 e. The van der Waals surface area contributed by atoms with E-state index >= 15 is 0 Å². The van der Waals surface area contributed by atoms with Gasteiger partial charge in [-0.15, -0.1) is 0 Å². The van der Waals surface area contributed by atoms with E-state index in [0.29, 0.717) is 18.5 Å². The summed E-state index contributed by atoms with van der Waals surface area (Å²) in [5.41, 5.74) is 2.84. The first-order valence-corrected chi connectivity index (χ1v) is 10.3. The number of piperidine rings is 2. The van der Waals surface area contributed by atoms with Crippen molar-refractivity contribution in [3.8, 4) is 0 Å². The highest BCUT2D eigenvalue weighted by Gasteiger charge is 2.39. The van der Waals surface area contributed by atoms with E-state index in [0.717, 1.165) is 30.5 Å². The van der Waals surface area contributed by atoms with Crippen LogP contribution in [0.25, 0.3) is 0 Å². The second-order valence-corrected chi connectivity index (χ2v) is 8.48. The van der Waals surface area contributed by atoms with Crippen LogP contribution in [-0.2, 0) is 16.1 Å². The van der Waals surface area contributed by atoms with Gasteiger partial charge in [-0.3, -0.25) is 19.7 Å². The van der Waals surface area contributed by atoms with Crippen LogP contribution < -0.4 is 15.5 Å². The quantitative estimate of drug-likeness (QED) is 0.759. The first-order valence-electron chi connectivity index (χ1n) is 10.3. The summed E-state index contributed by atoms with van der Waals surface area (Å²) in [5, 5.41) is 5.73. The van der Waals surface area contributed by atoms with Crippen LogP contribution in [0.2, 0.25) is 0 Å². The van der Waals surface area contributed by atoms with Crippen molar-refractivity contribution in [1.82, 2.24) is 15.5 Å². The summed E-state index contributed by atoms with van der Waals surface area (Å²) >= 11 is 0. The molecule has 5 rings (SSSR count). The summed E-state index contributed by atoms with van der Waals surface area (Å²) in [5.74, 6) is 0.963. The minimum Gasteiger partial charge on any atom is -0.372 e. The van der Waals surface area contributed by atoms with E-state index in [9.17, 15) is 14.4 Å². The highest BCUT2D eigenvalue weighted by molar-refractivity contribution is 6.05. The number of carbonyl (C=O) groups excluding carboxylic acids is 3. The Labute approximate surface area is 164 Å². The Balaban J connectivity index is 1.28. The lowest BCUT2D eigenvalue weighted by molar-refractivity contribution is -0.136. The van der Waals surface area contributed by atoms with Gasteiger partial charge in [-0.1, -0.05) is 0 Å². The second kappa shape index (κ2) is 6.88. The molecule has 1 atom stereocenters. The number of nitrogens with zero attached hydrogens (tertiary/aromatic N) is 2. The lowest BCUT2D eigenvalue weighted by Crippen LogP contribution is -2.52. The van der Waals surface area contributed by atoms with Gasteiger partial charge in [0.15, 0.2) is 0 Å². The number of fused-ring (bicyclic) bond motifs is 1. The van der Waals surface area contributed by atoms with E-state index in [1.54, 1.807) is 4.90 Å². The van der Waals surface area contributed by atoms with Crippen LogP contribution in [0.15, 0.2) is 18.2 Å². The lowest BCUT2D eigenvalue weighted by atomic mass is 9.81. The van der Waals surface area contributed by atoms with E-state index in [4.69, 9.17) is 0 Å². The third kappa shape index (κ3) is 2.98. The molecule has 7 nitrogen and oxygen atoms in total. The predicted molar refractivity (Wildman–Crippen MR) is 104 cm³/mol. The van der Waals surface area contributed by atoms with Gasteiger partial charge < -0.3 is 15.1 Å². The zero-order chi connectivity index (χ0) is 19.3. The first kappa shape index (κ1) is 17.7. The molecule has 148 valence electrons. The molecule has 4 aliphatic heterocycles. The SMILES string of the molecule is O=C1CCC(N2Cc3cc(N4CCC(C5CNC5)CC4)ccc3C2=O)C(=O)N1. The summed E-state index contributed by atoms with van der Waals surface area (Å²) in [6.07, 6.45) is 3.14. The van der Waals surface area contributed by atoms with E-state index < -0.39 is 6.04 Å². The standard InChI is InChI=1S/C21H26N4O3/c26-19-4-3-18(20(27)23-19)25-12-14-9-16(1-2-17(14)21(25)28)24-7-5-13(6-8-24)15-10-22-11-15/h1-2,9,13,15,18,22H,3-8,10-12H2,(H,23,26,27). The molecule has 0 aromatic heterocycles. The van der Waals surface area contributed by atoms with Gasteiger partial charge in [0.05, 0.1) is 0 Å². The minimum absolute atomic E-state index is 0.104. The van der Waals surface area contributed by atoms with Gasteiger partial charge in [0.25, 0.3) is 5.91 Å². The third-order valence-corrected chi connectivity index (χ3v) is 6.89. The smallest absolute Gasteiger partial charge is 0.255 e. The Morgan fingerprint density at radius 2 is 1.75 bits per heavy atom. The van der Waals surface area contributed by atoms with Crippen LogP contribution in [0.3, 0.4) is 0 Å². The molecule has 1 unspecified atom stereocenters. The Morgan fingerprint density at radius 1 is 0.964 bits per heavy atom. The van der Waals surface area contributed by atoms with Gasteiger partial charge in [-0.05, 0) is 68.0 Å². The normalized spacial score (nSPS) is 26.3. The van der Waals surface area contributed by atoms with Crippen molar-refractivity contribution in [2.75, 3.05) is 31.1 Å². The van der Waals surface area contributed by atoms with E-state index in [2.05, 4.69) is 21.6 Å². The number of rotatable bonds is 3. The van der Waals surface area contributed by atoms with Crippen molar-refractivity contribution in [3.05, 3.63) is 29.3 Å². The second-order valence-electron chi connectivity index (χ2n) is 8.48. The molecule has 4 heterocycles. The van der Waals surface area contributed by atoms with Crippen molar-refractivity contribution in [1.29, 1.82) is 0 Å². The highest BCUT2D eigenvalue weighted by atomic mass is 16.2. The van der Waals surface area contributed by atoms with Gasteiger partial charge in [-0.25, -0.2) is 0 Å². The number of hydrogen-bond acceptors (Lipinski definition) is 5. The maximum absolute atomic E-state index is 12.8. The van der Waals surface area contributed by atoms with E-state index in [-0.39, 0.29) is 24.1 Å². The van der Waals surface area contributed by atoms with Gasteiger partial charge in [-0.2, -0.15) is 0 Å². The molecule has 0 saturated carbocycles. The number of carbonyl (C=O) groups is 3. The average molecular weight is 382 g/mol. The number of hydrogen-bond donors (Lipinski definition) is 2. The van der Waals surface area contributed by atoms with Crippen molar-refractivity contribution < 1.29 is 14.4 Å². The molecule has 0 spiro atoms. The Kier molecular flexibility index (Phi) is 4.34. The van der Waals surface area contributed by atoms with E-state index in [1.165, 1.54) is 31.6 Å². The van der Waals surface area contributed by atoms with Crippen LogP contribution in [0.5, 0.6) is 0 Å². The van der Waals surface area contributed by atoms with Crippen LogP contribution in [0.1, 0.15) is 41.6 Å². The Morgan fingerprint density at radius 3 is 2.43 bits per heavy atom. The largest absolute Gasteiger partial charge is 0.372 e. The summed E-state index contributed by atoms with van der Waals surface area (Å²) < 4.78 is 0. The van der Waals surface area contributed by atoms with Gasteiger partial charge in [0.2, 0.25) is 11.8 Å². The number of amides is 3. The number of nitrogens with one attached hydrogen (secondary N) is 2. The van der Waals surface area contributed by atoms with Gasteiger partial charge in [0, 0.05) is 37.3 Å². The number of anilines is 1. The predicted octanol–water partition coefficient (Wildman–Crippen LogP) is 0.883. The molecule has 3 saturated heterocycles. The molecule has 28 heavy (non-hydrogen) atoms. The van der Waals surface area contributed by atoms with Crippen LogP contribution >= 0.6 is 0 Å². The summed E-state index contributed by atoms with van der Waals surface area (Å²) in [6.45, 7) is 4.90. The molecule has 0 aliphatic carbocycles. The van der Waals surface area contributed by atoms with Crippen molar-refractivity contribution in [2.45, 2.75) is 38.3 Å². The maximum atomic E-state index is 12.8. The third-order valence-electron chi connectivity index (χ3n) is 6.89. The Bertz CT molecular complexity index is 827. The van der Waals surface area contributed by atoms with Crippen molar-refractivity contribution in [3.63, 3.8) is 0 Å². The van der Waals surface area contributed by atoms with Crippen LogP contribution in [0.4, 0.5) is 5.69 Å². The van der Waals surface area contributed by atoms with Gasteiger partial charge >= 0.3 is 0 Å². The molecule has 7 heteroatoms. The molecule has 1 aromatic rings. The molecule has 2 N–H and O–H groups in total. The molecule has 0 bridgehead atoms. The lowest BCUT2D eigenvalue weighted by Gasteiger charge is -2.41. The molecule has 3 fully saturated rings. The van der Waals surface area contributed by atoms with Crippen LogP contribution in [0, 0.1) is 11.8 Å². The summed E-state index contributed by atoms with van der Waals surface area (Å²) in [7, 11) is 0. The molecular weight excluding hydrogens is 356 g/mol. The van der Waals surface area contributed by atoms with Crippen LogP contribution in [-0.4, -0.2) is 54.8 Å². The van der Waals surface area contributed by atoms with E-state index in [1.807, 2.05) is 12.1 Å². The molecule has 1 aromatic carbocycles. The molecule has 4 aliphatic rings. The fourth-order valence-corrected chi connectivity index (χ4v) is 5.03. The van der Waals surface area contributed by atoms with Gasteiger partial charge in [0.1, 0.15) is 6.04 Å². The summed E-state index contributed by atoms with van der Waals surface area (Å²) in [4.78, 5) is 40.4. The van der Waals surface area contributed by atoms with Crippen molar-refractivity contribution in [2.24, 2.45) is 11.8 Å². The fourth-order valence-electron chi connectivity index (χ4n) is 5.03. The highest BCUT2D eigenvalue weighted by Crippen LogP contribution is 2.33. The topological polar surface area (TPSA) is 81.8 Å². The first-order chi connectivity index (χ1) is 13.6. The molecule has 0 radical (unpaired) electrons. The zero-order valence-corrected chi connectivity index (χ0v) is 15.9. The zero-order valence-electron chi connectivity index (χ0n) is 15.9. The number of benzene rings is 1. The number of imide groups is 1. The fraction of sp³-hybridized carbons (Fsp3) is 0.571. The molecule has 3 amide bonds.